The molecule has 1 heterocycles. The van der Waals surface area contributed by atoms with Gasteiger partial charge in [-0.1, -0.05) is 30.2 Å². The standard InChI is InChI=1S/C15H21NO2/c1-12-5-4-6-13(9-12)15(18)10-16-8-3-2-7-14(16)11-17/h4-6,9,14,17H,2-3,7-8,10-11H2,1H3. The average molecular weight is 247 g/mol. The highest BCUT2D eigenvalue weighted by Gasteiger charge is 2.23. The molecule has 0 bridgehead atoms. The highest BCUT2D eigenvalue weighted by Crippen LogP contribution is 2.17. The zero-order chi connectivity index (χ0) is 13.0. The summed E-state index contributed by atoms with van der Waals surface area (Å²) in [7, 11) is 0. The Bertz CT molecular complexity index is 417. The van der Waals surface area contributed by atoms with Crippen LogP contribution in [0.1, 0.15) is 35.2 Å². The van der Waals surface area contributed by atoms with E-state index in [1.54, 1.807) is 0 Å². The predicted octanol–water partition coefficient (Wildman–Crippen LogP) is 2.02. The molecule has 2 rings (SSSR count). The minimum Gasteiger partial charge on any atom is -0.395 e. The van der Waals surface area contributed by atoms with Gasteiger partial charge in [-0.2, -0.15) is 0 Å². The van der Waals surface area contributed by atoms with Gasteiger partial charge in [0.25, 0.3) is 0 Å². The first-order valence-corrected chi connectivity index (χ1v) is 6.65. The fourth-order valence-corrected chi connectivity index (χ4v) is 2.57. The number of carbonyl (C=O) groups is 1. The predicted molar refractivity (Wildman–Crippen MR) is 71.8 cm³/mol. The van der Waals surface area contributed by atoms with Crippen molar-refractivity contribution in [3.8, 4) is 0 Å². The molecular formula is C15H21NO2. The van der Waals surface area contributed by atoms with Gasteiger partial charge < -0.3 is 5.11 Å². The lowest BCUT2D eigenvalue weighted by Crippen LogP contribution is -2.44. The second-order valence-corrected chi connectivity index (χ2v) is 5.10. The zero-order valence-corrected chi connectivity index (χ0v) is 10.9. The van der Waals surface area contributed by atoms with E-state index in [4.69, 9.17) is 0 Å². The summed E-state index contributed by atoms with van der Waals surface area (Å²) >= 11 is 0. The third-order valence-electron chi connectivity index (χ3n) is 3.65. The van der Waals surface area contributed by atoms with Crippen molar-refractivity contribution in [2.24, 2.45) is 0 Å². The minimum atomic E-state index is 0.152. The molecule has 1 aromatic rings. The number of rotatable bonds is 4. The van der Waals surface area contributed by atoms with Gasteiger partial charge >= 0.3 is 0 Å². The molecule has 3 heteroatoms. The molecule has 1 aliphatic heterocycles. The molecule has 1 aromatic carbocycles. The van der Waals surface area contributed by atoms with E-state index in [9.17, 15) is 9.90 Å². The highest BCUT2D eigenvalue weighted by molar-refractivity contribution is 5.97. The molecule has 1 aliphatic rings. The fraction of sp³-hybridized carbons (Fsp3) is 0.533. The van der Waals surface area contributed by atoms with Gasteiger partial charge in [0.15, 0.2) is 5.78 Å². The molecule has 98 valence electrons. The van der Waals surface area contributed by atoms with Gasteiger partial charge in [-0.15, -0.1) is 0 Å². The number of hydrogen-bond donors (Lipinski definition) is 1. The van der Waals surface area contributed by atoms with Crippen LogP contribution in [0, 0.1) is 6.92 Å². The van der Waals surface area contributed by atoms with Crippen LogP contribution in [0.5, 0.6) is 0 Å². The van der Waals surface area contributed by atoms with Crippen LogP contribution in [0.25, 0.3) is 0 Å². The molecule has 1 saturated heterocycles. The minimum absolute atomic E-state index is 0.152. The van der Waals surface area contributed by atoms with Crippen molar-refractivity contribution < 1.29 is 9.90 Å². The first-order chi connectivity index (χ1) is 8.70. The Hall–Kier alpha value is -1.19. The van der Waals surface area contributed by atoms with Crippen LogP contribution in [0.15, 0.2) is 24.3 Å². The van der Waals surface area contributed by atoms with Gasteiger partial charge in [-0.25, -0.2) is 0 Å². The van der Waals surface area contributed by atoms with Gasteiger partial charge in [-0.05, 0) is 32.4 Å². The molecule has 1 atom stereocenters. The van der Waals surface area contributed by atoms with Crippen LogP contribution >= 0.6 is 0 Å². The molecule has 18 heavy (non-hydrogen) atoms. The Labute approximate surface area is 108 Å². The number of likely N-dealkylation sites (tertiary alicyclic amines) is 1. The average Bonchev–Trinajstić information content (AvgIpc) is 2.39. The van der Waals surface area contributed by atoms with E-state index in [1.807, 2.05) is 31.2 Å². The quantitative estimate of drug-likeness (QED) is 0.828. The maximum absolute atomic E-state index is 12.2. The molecule has 0 aliphatic carbocycles. The molecule has 3 nitrogen and oxygen atoms in total. The summed E-state index contributed by atoms with van der Waals surface area (Å²) < 4.78 is 0. The van der Waals surface area contributed by atoms with E-state index >= 15 is 0 Å². The largest absolute Gasteiger partial charge is 0.395 e. The Balaban J connectivity index is 2.02. The van der Waals surface area contributed by atoms with Crippen LogP contribution in [-0.2, 0) is 0 Å². The smallest absolute Gasteiger partial charge is 0.176 e. The van der Waals surface area contributed by atoms with Crippen molar-refractivity contribution in [3.05, 3.63) is 35.4 Å². The van der Waals surface area contributed by atoms with Crippen molar-refractivity contribution in [1.29, 1.82) is 0 Å². The van der Waals surface area contributed by atoms with E-state index in [-0.39, 0.29) is 18.4 Å². The van der Waals surface area contributed by atoms with Gasteiger partial charge in [0.2, 0.25) is 0 Å². The van der Waals surface area contributed by atoms with E-state index in [1.165, 1.54) is 0 Å². The first kappa shape index (κ1) is 13.2. The first-order valence-electron chi connectivity index (χ1n) is 6.65. The molecule has 1 unspecified atom stereocenters. The Kier molecular flexibility index (Phi) is 4.50. The van der Waals surface area contributed by atoms with Crippen LogP contribution in [-0.4, -0.2) is 41.5 Å². The third-order valence-corrected chi connectivity index (χ3v) is 3.65. The molecule has 1 fully saturated rings. The summed E-state index contributed by atoms with van der Waals surface area (Å²) in [6.07, 6.45) is 3.27. The summed E-state index contributed by atoms with van der Waals surface area (Å²) in [6, 6.07) is 7.87. The number of nitrogens with zero attached hydrogens (tertiary/aromatic N) is 1. The number of ketones is 1. The molecule has 0 spiro atoms. The fourth-order valence-electron chi connectivity index (χ4n) is 2.57. The van der Waals surface area contributed by atoms with Gasteiger partial charge in [0, 0.05) is 11.6 Å². The lowest BCUT2D eigenvalue weighted by Gasteiger charge is -2.33. The number of piperidine rings is 1. The molecule has 0 radical (unpaired) electrons. The number of Topliss-reactive ketones (excluding diaryl/α,β-unsaturated/α-hetero) is 1. The van der Waals surface area contributed by atoms with E-state index < -0.39 is 0 Å². The molecular weight excluding hydrogens is 226 g/mol. The summed E-state index contributed by atoms with van der Waals surface area (Å²) in [4.78, 5) is 14.3. The maximum Gasteiger partial charge on any atom is 0.176 e. The molecule has 0 saturated carbocycles. The van der Waals surface area contributed by atoms with E-state index in [2.05, 4.69) is 4.90 Å². The Morgan fingerprint density at radius 3 is 3.00 bits per heavy atom. The number of hydrogen-bond acceptors (Lipinski definition) is 3. The molecule has 1 N–H and O–H groups in total. The number of aryl methyl sites for hydroxylation is 1. The van der Waals surface area contributed by atoms with Crippen LogP contribution in [0.4, 0.5) is 0 Å². The SMILES string of the molecule is Cc1cccc(C(=O)CN2CCCCC2CO)c1. The number of aliphatic hydroxyl groups is 1. The highest BCUT2D eigenvalue weighted by atomic mass is 16.3. The number of carbonyl (C=O) groups excluding carboxylic acids is 1. The summed E-state index contributed by atoms with van der Waals surface area (Å²) in [5.41, 5.74) is 1.88. The normalized spacial score (nSPS) is 20.9. The summed E-state index contributed by atoms with van der Waals surface area (Å²) in [6.45, 7) is 3.49. The topological polar surface area (TPSA) is 40.5 Å². The van der Waals surface area contributed by atoms with E-state index in [0.717, 1.165) is 36.9 Å². The summed E-state index contributed by atoms with van der Waals surface area (Å²) in [5, 5.41) is 9.34. The molecule has 0 amide bonds. The third kappa shape index (κ3) is 3.18. The lowest BCUT2D eigenvalue weighted by atomic mass is 10.0. The van der Waals surface area contributed by atoms with Gasteiger partial charge in [0.1, 0.15) is 0 Å². The molecule has 0 aromatic heterocycles. The van der Waals surface area contributed by atoms with Gasteiger partial charge in [-0.3, -0.25) is 9.69 Å². The monoisotopic (exact) mass is 247 g/mol. The van der Waals surface area contributed by atoms with Crippen LogP contribution in [0.3, 0.4) is 0 Å². The summed E-state index contributed by atoms with van der Waals surface area (Å²) in [5.74, 6) is 0.152. The number of aliphatic hydroxyl groups excluding tert-OH is 1. The van der Waals surface area contributed by atoms with Gasteiger partial charge in [0.05, 0.1) is 13.2 Å². The maximum atomic E-state index is 12.2. The van der Waals surface area contributed by atoms with Crippen molar-refractivity contribution in [3.63, 3.8) is 0 Å². The second-order valence-electron chi connectivity index (χ2n) is 5.10. The van der Waals surface area contributed by atoms with Crippen molar-refractivity contribution in [1.82, 2.24) is 4.90 Å². The number of benzene rings is 1. The zero-order valence-electron chi connectivity index (χ0n) is 10.9. The van der Waals surface area contributed by atoms with E-state index in [0.29, 0.717) is 6.54 Å². The Morgan fingerprint density at radius 1 is 1.44 bits per heavy atom. The Morgan fingerprint density at radius 2 is 2.28 bits per heavy atom. The second kappa shape index (κ2) is 6.12. The van der Waals surface area contributed by atoms with Crippen LogP contribution < -0.4 is 0 Å². The lowest BCUT2D eigenvalue weighted by molar-refractivity contribution is 0.0711. The van der Waals surface area contributed by atoms with Crippen LogP contribution in [0.2, 0.25) is 0 Å². The van der Waals surface area contributed by atoms with Crippen molar-refractivity contribution in [2.75, 3.05) is 19.7 Å². The van der Waals surface area contributed by atoms with Crippen molar-refractivity contribution >= 4 is 5.78 Å². The van der Waals surface area contributed by atoms with Crippen molar-refractivity contribution in [2.45, 2.75) is 32.2 Å².